The quantitative estimate of drug-likeness (QED) is 0.332. The maximum atomic E-state index is 5.89. The molecule has 2 nitrogen and oxygen atoms in total. The lowest BCUT2D eigenvalue weighted by molar-refractivity contribution is 0.306. The summed E-state index contributed by atoms with van der Waals surface area (Å²) in [6.45, 7) is 5.28. The van der Waals surface area contributed by atoms with Crippen LogP contribution in [0.4, 0.5) is 0 Å². The van der Waals surface area contributed by atoms with Gasteiger partial charge in [0.05, 0.1) is 0 Å². The minimum atomic E-state index is 0.568. The van der Waals surface area contributed by atoms with Gasteiger partial charge in [-0.05, 0) is 71.5 Å². The van der Waals surface area contributed by atoms with Crippen molar-refractivity contribution in [2.45, 2.75) is 27.1 Å². The van der Waals surface area contributed by atoms with Crippen LogP contribution in [0.1, 0.15) is 22.3 Å². The van der Waals surface area contributed by atoms with Crippen LogP contribution in [0, 0.1) is 13.8 Å². The van der Waals surface area contributed by atoms with Crippen molar-refractivity contribution in [1.29, 1.82) is 0 Å². The Hall–Kier alpha value is -3.52. The van der Waals surface area contributed by atoms with Crippen molar-refractivity contribution >= 4 is 0 Å². The first-order valence-corrected chi connectivity index (χ1v) is 10.2. The lowest BCUT2D eigenvalue weighted by atomic mass is 10.0. The molecule has 0 aliphatic heterocycles. The third-order valence-electron chi connectivity index (χ3n) is 5.03. The summed E-state index contributed by atoms with van der Waals surface area (Å²) in [5, 5.41) is 0. The van der Waals surface area contributed by atoms with E-state index in [1.54, 1.807) is 0 Å². The van der Waals surface area contributed by atoms with Crippen molar-refractivity contribution in [3.8, 4) is 22.6 Å². The van der Waals surface area contributed by atoms with Gasteiger partial charge in [0.25, 0.3) is 0 Å². The van der Waals surface area contributed by atoms with Crippen LogP contribution in [0.15, 0.2) is 97.1 Å². The van der Waals surface area contributed by atoms with Crippen LogP contribution in [0.5, 0.6) is 11.5 Å². The summed E-state index contributed by atoms with van der Waals surface area (Å²) in [7, 11) is 0. The van der Waals surface area contributed by atoms with Crippen LogP contribution in [0.2, 0.25) is 0 Å². The Bertz CT molecular complexity index is 1010. The van der Waals surface area contributed by atoms with Crippen LogP contribution in [-0.2, 0) is 13.2 Å². The van der Waals surface area contributed by atoms with E-state index in [0.29, 0.717) is 13.2 Å². The van der Waals surface area contributed by atoms with Crippen LogP contribution < -0.4 is 9.47 Å². The molecule has 4 rings (SSSR count). The van der Waals surface area contributed by atoms with Gasteiger partial charge in [0, 0.05) is 0 Å². The van der Waals surface area contributed by atoms with E-state index in [1.165, 1.54) is 22.3 Å². The number of hydrogen-bond acceptors (Lipinski definition) is 2. The van der Waals surface area contributed by atoms with E-state index in [2.05, 4.69) is 86.6 Å². The van der Waals surface area contributed by atoms with Gasteiger partial charge in [-0.15, -0.1) is 0 Å². The summed E-state index contributed by atoms with van der Waals surface area (Å²) in [4.78, 5) is 0. The standard InChI is InChI=1S/C28H26O2/c1-21-5-3-7-27(17-21)29-19-23-9-13-25(14-10-23)26-15-11-24(12-16-26)20-30-28-8-4-6-22(2)18-28/h3-18H,19-20H2,1-2H3. The molecule has 0 saturated carbocycles. The summed E-state index contributed by atoms with van der Waals surface area (Å²) in [5.41, 5.74) is 7.11. The van der Waals surface area contributed by atoms with Gasteiger partial charge in [-0.25, -0.2) is 0 Å². The fourth-order valence-electron chi connectivity index (χ4n) is 3.33. The molecule has 0 amide bonds. The van der Waals surface area contributed by atoms with Crippen LogP contribution >= 0.6 is 0 Å². The van der Waals surface area contributed by atoms with E-state index in [-0.39, 0.29) is 0 Å². The molecule has 0 unspecified atom stereocenters. The van der Waals surface area contributed by atoms with Gasteiger partial charge in [-0.3, -0.25) is 0 Å². The second-order valence-electron chi connectivity index (χ2n) is 7.60. The molecule has 2 heteroatoms. The first-order valence-electron chi connectivity index (χ1n) is 10.2. The Kier molecular flexibility index (Phi) is 6.14. The van der Waals surface area contributed by atoms with Gasteiger partial charge in [-0.2, -0.15) is 0 Å². The topological polar surface area (TPSA) is 18.5 Å². The van der Waals surface area contributed by atoms with Crippen LogP contribution in [-0.4, -0.2) is 0 Å². The zero-order chi connectivity index (χ0) is 20.8. The summed E-state index contributed by atoms with van der Waals surface area (Å²) in [6, 6.07) is 33.4. The van der Waals surface area contributed by atoms with Crippen molar-refractivity contribution in [2.24, 2.45) is 0 Å². The number of benzene rings is 4. The van der Waals surface area contributed by atoms with Crippen LogP contribution in [0.3, 0.4) is 0 Å². The molecule has 0 spiro atoms. The summed E-state index contributed by atoms with van der Waals surface area (Å²) in [6.07, 6.45) is 0. The second kappa shape index (κ2) is 9.32. The Balaban J connectivity index is 1.34. The molecule has 0 heterocycles. The first-order chi connectivity index (χ1) is 14.7. The molecule has 0 fully saturated rings. The number of aryl methyl sites for hydroxylation is 2. The van der Waals surface area contributed by atoms with Gasteiger partial charge >= 0.3 is 0 Å². The van der Waals surface area contributed by atoms with Gasteiger partial charge in [0.1, 0.15) is 24.7 Å². The normalized spacial score (nSPS) is 10.6. The van der Waals surface area contributed by atoms with Crippen molar-refractivity contribution in [3.05, 3.63) is 119 Å². The Labute approximate surface area is 178 Å². The van der Waals surface area contributed by atoms with Crippen LogP contribution in [0.25, 0.3) is 11.1 Å². The van der Waals surface area contributed by atoms with E-state index in [4.69, 9.17) is 9.47 Å². The van der Waals surface area contributed by atoms with E-state index in [0.717, 1.165) is 22.6 Å². The second-order valence-corrected chi connectivity index (χ2v) is 7.60. The molecule has 0 aromatic heterocycles. The summed E-state index contributed by atoms with van der Waals surface area (Å²) >= 11 is 0. The molecule has 30 heavy (non-hydrogen) atoms. The molecule has 0 aliphatic rings. The Morgan fingerprint density at radius 2 is 0.900 bits per heavy atom. The minimum absolute atomic E-state index is 0.568. The Morgan fingerprint density at radius 3 is 1.27 bits per heavy atom. The van der Waals surface area contributed by atoms with E-state index in [1.807, 2.05) is 24.3 Å². The van der Waals surface area contributed by atoms with Crippen molar-refractivity contribution in [2.75, 3.05) is 0 Å². The molecule has 0 atom stereocenters. The number of rotatable bonds is 7. The zero-order valence-electron chi connectivity index (χ0n) is 17.5. The highest BCUT2D eigenvalue weighted by atomic mass is 16.5. The molecule has 0 saturated heterocycles. The van der Waals surface area contributed by atoms with Crippen molar-refractivity contribution < 1.29 is 9.47 Å². The molecule has 0 N–H and O–H groups in total. The van der Waals surface area contributed by atoms with Gasteiger partial charge < -0.3 is 9.47 Å². The van der Waals surface area contributed by atoms with E-state index >= 15 is 0 Å². The lowest BCUT2D eigenvalue weighted by Gasteiger charge is -2.09. The molecular formula is C28H26O2. The van der Waals surface area contributed by atoms with E-state index < -0.39 is 0 Å². The van der Waals surface area contributed by atoms with Gasteiger partial charge in [-0.1, -0.05) is 72.8 Å². The van der Waals surface area contributed by atoms with Gasteiger partial charge in [0.15, 0.2) is 0 Å². The van der Waals surface area contributed by atoms with Crippen molar-refractivity contribution in [1.82, 2.24) is 0 Å². The minimum Gasteiger partial charge on any atom is -0.489 e. The fourth-order valence-corrected chi connectivity index (χ4v) is 3.33. The average Bonchev–Trinajstić information content (AvgIpc) is 2.77. The molecule has 4 aromatic rings. The molecular weight excluding hydrogens is 368 g/mol. The highest BCUT2D eigenvalue weighted by Gasteiger charge is 2.02. The molecule has 0 bridgehead atoms. The highest BCUT2D eigenvalue weighted by molar-refractivity contribution is 5.64. The average molecular weight is 395 g/mol. The monoisotopic (exact) mass is 394 g/mol. The summed E-state index contributed by atoms with van der Waals surface area (Å²) in [5.74, 6) is 1.81. The predicted octanol–water partition coefficient (Wildman–Crippen LogP) is 7.13. The summed E-state index contributed by atoms with van der Waals surface area (Å²) < 4.78 is 11.8. The first kappa shape index (κ1) is 19.8. The molecule has 4 aromatic carbocycles. The SMILES string of the molecule is Cc1cccc(OCc2ccc(-c3ccc(COc4cccc(C)c4)cc3)cc2)c1. The molecule has 0 radical (unpaired) electrons. The maximum absolute atomic E-state index is 5.89. The number of ether oxygens (including phenoxy) is 2. The van der Waals surface area contributed by atoms with Crippen molar-refractivity contribution in [3.63, 3.8) is 0 Å². The highest BCUT2D eigenvalue weighted by Crippen LogP contribution is 2.22. The van der Waals surface area contributed by atoms with Gasteiger partial charge in [0.2, 0.25) is 0 Å². The van der Waals surface area contributed by atoms with E-state index in [9.17, 15) is 0 Å². The molecule has 150 valence electrons. The lowest BCUT2D eigenvalue weighted by Crippen LogP contribution is -1.96. The maximum Gasteiger partial charge on any atom is 0.120 e. The molecule has 0 aliphatic carbocycles. The fraction of sp³-hybridized carbons (Fsp3) is 0.143. The third-order valence-corrected chi connectivity index (χ3v) is 5.03. The largest absolute Gasteiger partial charge is 0.489 e. The Morgan fingerprint density at radius 1 is 0.500 bits per heavy atom. The predicted molar refractivity (Wildman–Crippen MR) is 123 cm³/mol. The smallest absolute Gasteiger partial charge is 0.120 e. The third kappa shape index (κ3) is 5.30. The number of hydrogen-bond donors (Lipinski definition) is 0. The zero-order valence-corrected chi connectivity index (χ0v) is 17.5.